The quantitative estimate of drug-likeness (QED) is 0.446. The van der Waals surface area contributed by atoms with Crippen molar-refractivity contribution in [1.29, 1.82) is 0 Å². The molecule has 10 heteroatoms. The molecule has 0 saturated heterocycles. The summed E-state index contributed by atoms with van der Waals surface area (Å²) in [4.78, 5) is 44.3. The zero-order chi connectivity index (χ0) is 18.4. The van der Waals surface area contributed by atoms with E-state index in [4.69, 9.17) is 4.74 Å². The molecule has 2 aromatic rings. The molecule has 2 N–H and O–H groups in total. The number of carbonyl (C=O) groups is 3. The highest BCUT2D eigenvalue weighted by Gasteiger charge is 2.20. The number of thiophene rings is 1. The van der Waals surface area contributed by atoms with Crippen LogP contribution in [0.2, 0.25) is 0 Å². The van der Waals surface area contributed by atoms with Crippen molar-refractivity contribution in [2.45, 2.75) is 37.9 Å². The Bertz CT molecular complexity index is 778. The fraction of sp³-hybridized carbons (Fsp3) is 0.400. The number of nitrogens with one attached hydrogen (secondary N) is 2. The molecule has 0 unspecified atom stereocenters. The van der Waals surface area contributed by atoms with E-state index >= 15 is 0 Å². The van der Waals surface area contributed by atoms with Crippen molar-refractivity contribution in [3.8, 4) is 0 Å². The summed E-state index contributed by atoms with van der Waals surface area (Å²) in [7, 11) is 0. The maximum Gasteiger partial charge on any atom is 0.321 e. The second-order valence-corrected chi connectivity index (χ2v) is 7.22. The number of imide groups is 1. The lowest BCUT2D eigenvalue weighted by atomic mass is 10.3. The second-order valence-electron chi connectivity index (χ2n) is 5.36. The molecule has 2 aromatic heterocycles. The third-order valence-corrected chi connectivity index (χ3v) is 4.69. The van der Waals surface area contributed by atoms with Gasteiger partial charge in [-0.2, -0.15) is 0 Å². The summed E-state index contributed by atoms with van der Waals surface area (Å²) in [5, 5.41) is 8.09. The SMILES string of the molecule is CC(C)NC(=O)NC(=O)[C@H](C)OC(=O)CSc1ncnc2sccc12. The van der Waals surface area contributed by atoms with E-state index in [0.717, 1.165) is 10.2 Å². The number of aromatic nitrogens is 2. The van der Waals surface area contributed by atoms with Gasteiger partial charge in [-0.15, -0.1) is 11.3 Å². The lowest BCUT2D eigenvalue weighted by Gasteiger charge is -2.14. The van der Waals surface area contributed by atoms with Gasteiger partial charge >= 0.3 is 12.0 Å². The molecule has 0 bridgehead atoms. The standard InChI is InChI=1S/C15H18N4O4S2/c1-8(2)18-15(22)19-12(21)9(3)23-11(20)6-25-14-10-4-5-24-13(10)16-7-17-14/h4-5,7-9H,6H2,1-3H3,(H2,18,19,21,22)/t9-/m0/s1. The van der Waals surface area contributed by atoms with Crippen LogP contribution in [0.15, 0.2) is 22.8 Å². The molecule has 3 amide bonds. The Morgan fingerprint density at radius 1 is 1.28 bits per heavy atom. The predicted octanol–water partition coefficient (Wildman–Crippen LogP) is 1.95. The fourth-order valence-electron chi connectivity index (χ4n) is 1.81. The van der Waals surface area contributed by atoms with Crippen LogP contribution in [-0.4, -0.2) is 45.8 Å². The van der Waals surface area contributed by atoms with Gasteiger partial charge in [0.25, 0.3) is 5.91 Å². The predicted molar refractivity (Wildman–Crippen MR) is 95.5 cm³/mol. The molecular formula is C15H18N4O4S2. The summed E-state index contributed by atoms with van der Waals surface area (Å²) in [5.74, 6) is -1.25. The van der Waals surface area contributed by atoms with Gasteiger partial charge in [-0.3, -0.25) is 14.9 Å². The molecule has 2 heterocycles. The zero-order valence-electron chi connectivity index (χ0n) is 13.9. The Kier molecular flexibility index (Phi) is 6.71. The van der Waals surface area contributed by atoms with Gasteiger partial charge in [0.05, 0.1) is 5.75 Å². The Balaban J connectivity index is 1.82. The van der Waals surface area contributed by atoms with Gasteiger partial charge in [-0.05, 0) is 32.2 Å². The van der Waals surface area contributed by atoms with E-state index in [1.165, 1.54) is 36.3 Å². The van der Waals surface area contributed by atoms with E-state index < -0.39 is 24.0 Å². The normalized spacial score (nSPS) is 12.0. The number of hydrogen-bond donors (Lipinski definition) is 2. The zero-order valence-corrected chi connectivity index (χ0v) is 15.6. The minimum absolute atomic E-state index is 0.00221. The van der Waals surface area contributed by atoms with Crippen molar-refractivity contribution in [2.75, 3.05) is 5.75 Å². The van der Waals surface area contributed by atoms with Gasteiger partial charge in [0.2, 0.25) is 0 Å². The number of rotatable bonds is 6. The highest BCUT2D eigenvalue weighted by molar-refractivity contribution is 8.00. The lowest BCUT2D eigenvalue weighted by molar-refractivity contribution is -0.151. The number of amides is 3. The van der Waals surface area contributed by atoms with Crippen LogP contribution in [0.1, 0.15) is 20.8 Å². The van der Waals surface area contributed by atoms with E-state index in [0.29, 0.717) is 5.03 Å². The van der Waals surface area contributed by atoms with Gasteiger partial charge < -0.3 is 10.1 Å². The second kappa shape index (κ2) is 8.77. The number of ether oxygens (including phenoxy) is 1. The first-order chi connectivity index (χ1) is 11.9. The molecule has 1 atom stereocenters. The van der Waals surface area contributed by atoms with Crippen LogP contribution < -0.4 is 10.6 Å². The van der Waals surface area contributed by atoms with Crippen molar-refractivity contribution in [1.82, 2.24) is 20.6 Å². The Morgan fingerprint density at radius 3 is 2.76 bits per heavy atom. The van der Waals surface area contributed by atoms with Crippen LogP contribution in [0, 0.1) is 0 Å². The molecule has 0 aromatic carbocycles. The van der Waals surface area contributed by atoms with Crippen LogP contribution in [0.3, 0.4) is 0 Å². The lowest BCUT2D eigenvalue weighted by Crippen LogP contribution is -2.46. The molecular weight excluding hydrogens is 364 g/mol. The third kappa shape index (κ3) is 5.68. The summed E-state index contributed by atoms with van der Waals surface area (Å²) in [6.45, 7) is 4.94. The monoisotopic (exact) mass is 382 g/mol. The molecule has 0 aliphatic rings. The summed E-state index contributed by atoms with van der Waals surface area (Å²) in [6, 6.07) is 1.15. The first-order valence-corrected chi connectivity index (χ1v) is 9.35. The first kappa shape index (κ1) is 19.1. The van der Waals surface area contributed by atoms with Crippen molar-refractivity contribution >= 4 is 51.2 Å². The summed E-state index contributed by atoms with van der Waals surface area (Å²) in [6.07, 6.45) is 0.369. The average Bonchev–Trinajstić information content (AvgIpc) is 3.00. The van der Waals surface area contributed by atoms with Crippen LogP contribution in [-0.2, 0) is 14.3 Å². The van der Waals surface area contributed by atoms with E-state index in [1.807, 2.05) is 11.4 Å². The Labute approximate surface area is 152 Å². The molecule has 0 aliphatic carbocycles. The summed E-state index contributed by atoms with van der Waals surface area (Å²) >= 11 is 2.70. The highest BCUT2D eigenvalue weighted by atomic mass is 32.2. The smallest absolute Gasteiger partial charge is 0.321 e. The molecule has 0 aliphatic heterocycles. The van der Waals surface area contributed by atoms with Gasteiger partial charge in [-0.1, -0.05) is 11.8 Å². The number of fused-ring (bicyclic) bond motifs is 1. The number of hydrogen-bond acceptors (Lipinski definition) is 8. The average molecular weight is 382 g/mol. The minimum Gasteiger partial charge on any atom is -0.452 e. The van der Waals surface area contributed by atoms with Crippen molar-refractivity contribution < 1.29 is 19.1 Å². The number of urea groups is 1. The minimum atomic E-state index is -1.07. The van der Waals surface area contributed by atoms with Crippen LogP contribution in [0.5, 0.6) is 0 Å². The van der Waals surface area contributed by atoms with Crippen molar-refractivity contribution in [2.24, 2.45) is 0 Å². The molecule has 2 rings (SSSR count). The van der Waals surface area contributed by atoms with Gasteiger partial charge in [0.1, 0.15) is 16.2 Å². The Hall–Kier alpha value is -2.20. The first-order valence-electron chi connectivity index (χ1n) is 7.48. The molecule has 25 heavy (non-hydrogen) atoms. The summed E-state index contributed by atoms with van der Waals surface area (Å²) < 4.78 is 5.04. The van der Waals surface area contributed by atoms with Gasteiger partial charge in [0, 0.05) is 11.4 Å². The van der Waals surface area contributed by atoms with E-state index in [-0.39, 0.29) is 11.8 Å². The molecule has 0 fully saturated rings. The largest absolute Gasteiger partial charge is 0.452 e. The van der Waals surface area contributed by atoms with Crippen molar-refractivity contribution in [3.05, 3.63) is 17.8 Å². The Morgan fingerprint density at radius 2 is 2.04 bits per heavy atom. The van der Waals surface area contributed by atoms with Gasteiger partial charge in [-0.25, -0.2) is 14.8 Å². The third-order valence-electron chi connectivity index (χ3n) is 2.89. The van der Waals surface area contributed by atoms with E-state index in [2.05, 4.69) is 20.6 Å². The van der Waals surface area contributed by atoms with Gasteiger partial charge in [0.15, 0.2) is 6.10 Å². The summed E-state index contributed by atoms with van der Waals surface area (Å²) in [5.41, 5.74) is 0. The van der Waals surface area contributed by atoms with E-state index in [9.17, 15) is 14.4 Å². The van der Waals surface area contributed by atoms with Crippen LogP contribution in [0.25, 0.3) is 10.2 Å². The number of thioether (sulfide) groups is 1. The molecule has 0 radical (unpaired) electrons. The number of carbonyl (C=O) groups excluding carboxylic acids is 3. The molecule has 0 spiro atoms. The van der Waals surface area contributed by atoms with E-state index in [1.54, 1.807) is 13.8 Å². The van der Waals surface area contributed by atoms with Crippen LogP contribution in [0.4, 0.5) is 4.79 Å². The van der Waals surface area contributed by atoms with Crippen molar-refractivity contribution in [3.63, 3.8) is 0 Å². The number of nitrogens with zero attached hydrogens (tertiary/aromatic N) is 2. The molecule has 0 saturated carbocycles. The topological polar surface area (TPSA) is 110 Å². The highest BCUT2D eigenvalue weighted by Crippen LogP contribution is 2.27. The maximum absolute atomic E-state index is 11.9. The fourth-order valence-corrected chi connectivity index (χ4v) is 3.37. The van der Waals surface area contributed by atoms with Crippen LogP contribution >= 0.6 is 23.1 Å². The maximum atomic E-state index is 11.9. The number of esters is 1. The molecule has 134 valence electrons. The molecule has 8 nitrogen and oxygen atoms in total.